The van der Waals surface area contributed by atoms with Gasteiger partial charge in [-0.2, -0.15) is 8.42 Å². The van der Waals surface area contributed by atoms with Crippen LogP contribution in [0.2, 0.25) is 0 Å². The number of ether oxygens (including phenoxy) is 1. The Morgan fingerprint density at radius 3 is 2.56 bits per heavy atom. The number of benzene rings is 2. The van der Waals surface area contributed by atoms with E-state index in [9.17, 15) is 8.42 Å². The van der Waals surface area contributed by atoms with Crippen LogP contribution in [0.5, 0.6) is 11.5 Å². The Balaban J connectivity index is 2.67. The van der Waals surface area contributed by atoms with Gasteiger partial charge in [-0.1, -0.05) is 6.07 Å². The van der Waals surface area contributed by atoms with Crippen LogP contribution in [0.4, 0.5) is 5.69 Å². The van der Waals surface area contributed by atoms with E-state index in [0.29, 0.717) is 16.5 Å². The van der Waals surface area contributed by atoms with Crippen LogP contribution in [-0.2, 0) is 10.4 Å². The Morgan fingerprint density at radius 1 is 1.22 bits per heavy atom. The molecule has 18 heavy (non-hydrogen) atoms. The number of methoxy groups -OCH3 is 1. The molecule has 0 atom stereocenters. The van der Waals surface area contributed by atoms with E-state index in [0.717, 1.165) is 0 Å². The summed E-state index contributed by atoms with van der Waals surface area (Å²) in [6, 6.07) is 8.13. The number of hydrogen-bond donors (Lipinski definition) is 2. The van der Waals surface area contributed by atoms with E-state index in [2.05, 4.69) is 4.18 Å². The summed E-state index contributed by atoms with van der Waals surface area (Å²) in [5.41, 5.74) is 5.75. The van der Waals surface area contributed by atoms with Crippen LogP contribution in [0.3, 0.4) is 0 Å². The molecule has 2 rings (SSSR count). The van der Waals surface area contributed by atoms with E-state index >= 15 is 0 Å². The average Bonchev–Trinajstić information content (AvgIpc) is 2.31. The lowest BCUT2D eigenvalue weighted by Gasteiger charge is -2.10. The molecular weight excluding hydrogens is 258 g/mol. The van der Waals surface area contributed by atoms with Crippen LogP contribution in [0, 0.1) is 0 Å². The second-order valence-electron chi connectivity index (χ2n) is 3.58. The number of hydrogen-bond acceptors (Lipinski definition) is 5. The van der Waals surface area contributed by atoms with Crippen LogP contribution >= 0.6 is 0 Å². The normalized spacial score (nSPS) is 11.4. The van der Waals surface area contributed by atoms with Gasteiger partial charge in [0.25, 0.3) is 0 Å². The fourth-order valence-electron chi connectivity index (χ4n) is 1.62. The maximum absolute atomic E-state index is 10.8. The molecule has 2 aromatic rings. The lowest BCUT2D eigenvalue weighted by atomic mass is 10.1. The maximum Gasteiger partial charge on any atom is 0.446 e. The predicted octanol–water partition coefficient (Wildman–Crippen LogP) is 1.61. The first-order valence-corrected chi connectivity index (χ1v) is 6.30. The SMILES string of the molecule is COc1ccc2c(OS(=O)(=O)O)c(N)ccc2c1. The highest BCUT2D eigenvalue weighted by molar-refractivity contribution is 7.81. The smallest absolute Gasteiger partial charge is 0.446 e. The van der Waals surface area contributed by atoms with Gasteiger partial charge in [0, 0.05) is 5.39 Å². The fraction of sp³-hybridized carbons (Fsp3) is 0.0909. The van der Waals surface area contributed by atoms with Gasteiger partial charge in [0.2, 0.25) is 0 Å². The van der Waals surface area contributed by atoms with E-state index < -0.39 is 10.4 Å². The predicted molar refractivity (Wildman–Crippen MR) is 67.1 cm³/mol. The number of fused-ring (bicyclic) bond motifs is 1. The molecule has 0 aliphatic heterocycles. The molecule has 0 aromatic heterocycles. The van der Waals surface area contributed by atoms with Gasteiger partial charge >= 0.3 is 10.4 Å². The van der Waals surface area contributed by atoms with Gasteiger partial charge in [-0.3, -0.25) is 4.55 Å². The van der Waals surface area contributed by atoms with Gasteiger partial charge in [-0.05, 0) is 29.7 Å². The van der Waals surface area contributed by atoms with E-state index in [1.165, 1.54) is 13.2 Å². The first-order valence-electron chi connectivity index (χ1n) is 4.94. The van der Waals surface area contributed by atoms with Crippen molar-refractivity contribution in [1.29, 1.82) is 0 Å². The summed E-state index contributed by atoms with van der Waals surface area (Å²) in [6.45, 7) is 0. The first kappa shape index (κ1) is 12.5. The Morgan fingerprint density at radius 2 is 1.94 bits per heavy atom. The van der Waals surface area contributed by atoms with Crippen LogP contribution in [0.25, 0.3) is 10.8 Å². The Labute approximate surface area is 104 Å². The zero-order valence-corrected chi connectivity index (χ0v) is 10.3. The van der Waals surface area contributed by atoms with Crippen LogP contribution in [0.15, 0.2) is 30.3 Å². The highest BCUT2D eigenvalue weighted by atomic mass is 32.3. The number of nitrogens with two attached hydrogens (primary N) is 1. The molecule has 0 unspecified atom stereocenters. The zero-order valence-electron chi connectivity index (χ0n) is 9.45. The number of nitrogen functional groups attached to an aromatic ring is 1. The standard InChI is InChI=1S/C11H11NO5S/c1-16-8-3-4-9-7(6-8)2-5-10(12)11(9)17-18(13,14)15/h2-6H,12H2,1H3,(H,13,14,15). The summed E-state index contributed by atoms with van der Waals surface area (Å²) in [5, 5.41) is 1.15. The lowest BCUT2D eigenvalue weighted by molar-refractivity contribution is 0.389. The van der Waals surface area contributed by atoms with E-state index in [-0.39, 0.29) is 11.4 Å². The molecule has 0 saturated heterocycles. The van der Waals surface area contributed by atoms with Crippen LogP contribution in [-0.4, -0.2) is 20.1 Å². The minimum absolute atomic E-state index is 0.0994. The summed E-state index contributed by atoms with van der Waals surface area (Å²) in [6.07, 6.45) is 0. The summed E-state index contributed by atoms with van der Waals surface area (Å²) in [4.78, 5) is 0. The van der Waals surface area contributed by atoms with Crippen molar-refractivity contribution in [3.63, 3.8) is 0 Å². The van der Waals surface area contributed by atoms with Crippen LogP contribution < -0.4 is 14.7 Å². The van der Waals surface area contributed by atoms with Gasteiger partial charge in [0.15, 0.2) is 5.75 Å². The molecule has 0 amide bonds. The van der Waals surface area contributed by atoms with E-state index in [1.807, 2.05) is 0 Å². The molecule has 0 radical (unpaired) electrons. The molecule has 6 nitrogen and oxygen atoms in total. The molecule has 0 spiro atoms. The molecule has 3 N–H and O–H groups in total. The summed E-state index contributed by atoms with van der Waals surface area (Å²) >= 11 is 0. The third kappa shape index (κ3) is 2.47. The van der Waals surface area contributed by atoms with Crippen LogP contribution in [0.1, 0.15) is 0 Å². The average molecular weight is 269 g/mol. The van der Waals surface area contributed by atoms with Crippen molar-refractivity contribution >= 4 is 26.9 Å². The summed E-state index contributed by atoms with van der Waals surface area (Å²) in [7, 11) is -3.10. The van der Waals surface area contributed by atoms with Crippen molar-refractivity contribution in [2.24, 2.45) is 0 Å². The van der Waals surface area contributed by atoms with Gasteiger partial charge in [-0.15, -0.1) is 0 Å². The van der Waals surface area contributed by atoms with Crippen molar-refractivity contribution in [3.8, 4) is 11.5 Å². The van der Waals surface area contributed by atoms with Gasteiger partial charge < -0.3 is 14.7 Å². The van der Waals surface area contributed by atoms with E-state index in [4.69, 9.17) is 15.0 Å². The molecule has 2 aromatic carbocycles. The van der Waals surface area contributed by atoms with Gasteiger partial charge in [-0.25, -0.2) is 0 Å². The monoisotopic (exact) mass is 269 g/mol. The second-order valence-corrected chi connectivity index (χ2v) is 4.60. The molecule has 0 aliphatic carbocycles. The summed E-state index contributed by atoms with van der Waals surface area (Å²) in [5.74, 6) is 0.516. The Kier molecular flexibility index (Phi) is 3.02. The molecule has 0 saturated carbocycles. The number of anilines is 1. The molecule has 0 aliphatic rings. The second kappa shape index (κ2) is 4.35. The molecule has 96 valence electrons. The zero-order chi connectivity index (χ0) is 13.3. The quantitative estimate of drug-likeness (QED) is 0.648. The summed E-state index contributed by atoms with van der Waals surface area (Å²) < 4.78 is 39.8. The Hall–Kier alpha value is -1.99. The maximum atomic E-state index is 10.8. The minimum atomic E-state index is -4.62. The molecule has 7 heteroatoms. The third-order valence-corrected chi connectivity index (χ3v) is 2.77. The number of rotatable bonds is 3. The lowest BCUT2D eigenvalue weighted by Crippen LogP contribution is -2.08. The Bertz CT molecular complexity index is 696. The molecule has 0 bridgehead atoms. The highest BCUT2D eigenvalue weighted by Gasteiger charge is 2.14. The van der Waals surface area contributed by atoms with Gasteiger partial charge in [0.05, 0.1) is 12.8 Å². The molecule has 0 heterocycles. The molecule has 0 fully saturated rings. The van der Waals surface area contributed by atoms with Crippen molar-refractivity contribution in [2.75, 3.05) is 12.8 Å². The minimum Gasteiger partial charge on any atom is -0.497 e. The third-order valence-electron chi connectivity index (χ3n) is 2.40. The van der Waals surface area contributed by atoms with Crippen molar-refractivity contribution in [1.82, 2.24) is 0 Å². The van der Waals surface area contributed by atoms with Crippen molar-refractivity contribution < 1.29 is 21.9 Å². The first-order chi connectivity index (χ1) is 8.40. The van der Waals surface area contributed by atoms with Gasteiger partial charge in [0.1, 0.15) is 5.75 Å². The van der Waals surface area contributed by atoms with Crippen molar-refractivity contribution in [2.45, 2.75) is 0 Å². The van der Waals surface area contributed by atoms with Crippen molar-refractivity contribution in [3.05, 3.63) is 30.3 Å². The fourth-order valence-corrected chi connectivity index (χ4v) is 2.02. The molecular formula is C11H11NO5S. The largest absolute Gasteiger partial charge is 0.497 e. The topological polar surface area (TPSA) is 98.8 Å². The highest BCUT2D eigenvalue weighted by Crippen LogP contribution is 2.34. The van der Waals surface area contributed by atoms with E-state index in [1.54, 1.807) is 24.3 Å².